The number of amides is 4. The summed E-state index contributed by atoms with van der Waals surface area (Å²) in [6, 6.07) is 4.81. The van der Waals surface area contributed by atoms with Crippen molar-refractivity contribution in [2.45, 2.75) is 26.3 Å². The molecule has 0 spiro atoms. The van der Waals surface area contributed by atoms with Crippen LogP contribution in [-0.4, -0.2) is 34.2 Å². The smallest absolute Gasteiger partial charge is 0.263 e. The van der Waals surface area contributed by atoms with Gasteiger partial charge in [-0.3, -0.25) is 19.4 Å². The quantitative estimate of drug-likeness (QED) is 0.613. The molecular formula is C15H14FN3O3. The van der Waals surface area contributed by atoms with Gasteiger partial charge < -0.3 is 0 Å². The normalized spacial score (nSPS) is 14.7. The van der Waals surface area contributed by atoms with Crippen LogP contribution in [0.3, 0.4) is 0 Å². The lowest BCUT2D eigenvalue weighted by Gasteiger charge is -2.15. The Labute approximate surface area is 126 Å². The van der Waals surface area contributed by atoms with E-state index in [1.54, 1.807) is 6.07 Å². The van der Waals surface area contributed by atoms with Crippen LogP contribution < -0.4 is 0 Å². The van der Waals surface area contributed by atoms with Crippen molar-refractivity contribution in [2.75, 3.05) is 6.54 Å². The van der Waals surface area contributed by atoms with Crippen LogP contribution in [0.25, 0.3) is 0 Å². The van der Waals surface area contributed by atoms with Crippen molar-refractivity contribution in [2.24, 2.45) is 0 Å². The van der Waals surface area contributed by atoms with Gasteiger partial charge in [-0.05, 0) is 18.6 Å². The summed E-state index contributed by atoms with van der Waals surface area (Å²) < 4.78 is 13.8. The van der Waals surface area contributed by atoms with E-state index < -0.39 is 23.7 Å². The number of hydrogen-bond acceptors (Lipinski definition) is 4. The summed E-state index contributed by atoms with van der Waals surface area (Å²) in [6.45, 7) is 1.74. The molecule has 1 aromatic carbocycles. The Morgan fingerprint density at radius 1 is 1.18 bits per heavy atom. The van der Waals surface area contributed by atoms with Crippen LogP contribution in [0, 0.1) is 17.1 Å². The molecule has 0 unspecified atom stereocenters. The average molecular weight is 303 g/mol. The molecule has 114 valence electrons. The van der Waals surface area contributed by atoms with E-state index in [0.717, 1.165) is 22.3 Å². The number of imide groups is 2. The first-order valence-corrected chi connectivity index (χ1v) is 6.85. The molecule has 0 aromatic heterocycles. The summed E-state index contributed by atoms with van der Waals surface area (Å²) >= 11 is 0. The summed E-state index contributed by atoms with van der Waals surface area (Å²) in [5.41, 5.74) is 0.215. The molecule has 1 aliphatic heterocycles. The summed E-state index contributed by atoms with van der Waals surface area (Å²) in [5, 5.41) is 8.69. The van der Waals surface area contributed by atoms with Crippen molar-refractivity contribution in [1.29, 1.82) is 5.26 Å². The van der Waals surface area contributed by atoms with Crippen molar-refractivity contribution < 1.29 is 18.8 Å². The van der Waals surface area contributed by atoms with E-state index in [-0.39, 0.29) is 24.2 Å². The van der Waals surface area contributed by atoms with Crippen molar-refractivity contribution in [3.63, 3.8) is 0 Å². The zero-order valence-corrected chi connectivity index (χ0v) is 12.0. The van der Waals surface area contributed by atoms with Gasteiger partial charge in [-0.2, -0.15) is 5.26 Å². The Bertz CT molecular complexity index is 681. The lowest BCUT2D eigenvalue weighted by Crippen LogP contribution is -2.33. The van der Waals surface area contributed by atoms with Gasteiger partial charge in [-0.25, -0.2) is 9.18 Å². The highest BCUT2D eigenvalue weighted by atomic mass is 19.1. The van der Waals surface area contributed by atoms with Gasteiger partial charge in [-0.15, -0.1) is 0 Å². The maximum atomic E-state index is 13.8. The summed E-state index contributed by atoms with van der Waals surface area (Å²) in [7, 11) is 0. The second kappa shape index (κ2) is 6.35. The monoisotopic (exact) mass is 303 g/mol. The van der Waals surface area contributed by atoms with Gasteiger partial charge in [0.25, 0.3) is 0 Å². The van der Waals surface area contributed by atoms with E-state index in [2.05, 4.69) is 0 Å². The van der Waals surface area contributed by atoms with E-state index in [0.29, 0.717) is 6.42 Å². The Morgan fingerprint density at radius 3 is 2.45 bits per heavy atom. The van der Waals surface area contributed by atoms with Crippen LogP contribution in [-0.2, 0) is 16.1 Å². The third-order valence-corrected chi connectivity index (χ3v) is 3.38. The Morgan fingerprint density at radius 2 is 1.86 bits per heavy atom. The molecule has 1 heterocycles. The number of nitriles is 1. The van der Waals surface area contributed by atoms with Gasteiger partial charge in [-0.1, -0.05) is 19.4 Å². The molecule has 1 saturated heterocycles. The second-order valence-electron chi connectivity index (χ2n) is 4.90. The van der Waals surface area contributed by atoms with Crippen molar-refractivity contribution in [3.8, 4) is 6.07 Å². The molecule has 0 bridgehead atoms. The number of hydrogen-bond donors (Lipinski definition) is 0. The van der Waals surface area contributed by atoms with Crippen molar-refractivity contribution in [3.05, 3.63) is 35.1 Å². The van der Waals surface area contributed by atoms with Crippen LogP contribution in [0.15, 0.2) is 18.2 Å². The van der Waals surface area contributed by atoms with Gasteiger partial charge >= 0.3 is 17.8 Å². The molecule has 0 N–H and O–H groups in total. The molecule has 0 saturated carbocycles. The lowest BCUT2D eigenvalue weighted by atomic mass is 10.1. The minimum absolute atomic E-state index is 0.0749. The minimum Gasteiger partial charge on any atom is -0.263 e. The molecule has 22 heavy (non-hydrogen) atoms. The predicted molar refractivity (Wildman–Crippen MR) is 73.7 cm³/mol. The number of nitrogens with zero attached hydrogens (tertiary/aromatic N) is 3. The van der Waals surface area contributed by atoms with Gasteiger partial charge in [0.1, 0.15) is 5.82 Å². The van der Waals surface area contributed by atoms with E-state index in [1.165, 1.54) is 12.1 Å². The maximum Gasteiger partial charge on any atom is 0.334 e. The molecule has 4 amide bonds. The molecule has 7 heteroatoms. The standard InChI is InChI=1S/C15H14FN3O3/c1-2-3-6-18-13(20)14(21)19(15(18)22)9-11-5-4-10(8-17)7-12(11)16/h4-5,7H,2-3,6,9H2,1H3. The number of unbranched alkanes of at least 4 members (excludes halogenated alkanes) is 1. The Balaban J connectivity index is 2.19. The highest BCUT2D eigenvalue weighted by Gasteiger charge is 2.44. The summed E-state index contributed by atoms with van der Waals surface area (Å²) in [6.07, 6.45) is 1.37. The van der Waals surface area contributed by atoms with Crippen LogP contribution in [0.4, 0.5) is 9.18 Å². The van der Waals surface area contributed by atoms with Crippen molar-refractivity contribution >= 4 is 17.8 Å². The van der Waals surface area contributed by atoms with E-state index >= 15 is 0 Å². The molecule has 0 atom stereocenters. The first-order chi connectivity index (χ1) is 10.5. The molecule has 2 rings (SSSR count). The van der Waals surface area contributed by atoms with E-state index in [9.17, 15) is 18.8 Å². The second-order valence-corrected chi connectivity index (χ2v) is 4.90. The first kappa shape index (κ1) is 15.6. The third kappa shape index (κ3) is 2.81. The maximum absolute atomic E-state index is 13.8. The van der Waals surface area contributed by atoms with Gasteiger partial charge in [0, 0.05) is 12.1 Å². The SMILES string of the molecule is CCCCN1C(=O)C(=O)N(Cc2ccc(C#N)cc2F)C1=O. The molecule has 1 aromatic rings. The zero-order chi connectivity index (χ0) is 16.3. The Kier molecular flexibility index (Phi) is 4.51. The molecule has 1 aliphatic rings. The molecule has 1 fully saturated rings. The number of urea groups is 1. The number of carbonyl (C=O) groups is 3. The lowest BCUT2D eigenvalue weighted by molar-refractivity contribution is -0.143. The highest BCUT2D eigenvalue weighted by Crippen LogP contribution is 2.19. The number of halogens is 1. The topological polar surface area (TPSA) is 81.5 Å². The van der Waals surface area contributed by atoms with Crippen LogP contribution in [0.2, 0.25) is 0 Å². The summed E-state index contributed by atoms with van der Waals surface area (Å²) in [5.74, 6) is -2.53. The number of carbonyl (C=O) groups excluding carboxylic acids is 3. The molecular weight excluding hydrogens is 289 g/mol. The highest BCUT2D eigenvalue weighted by molar-refractivity contribution is 6.44. The van der Waals surface area contributed by atoms with Gasteiger partial charge in [0.2, 0.25) is 0 Å². The minimum atomic E-state index is -0.954. The first-order valence-electron chi connectivity index (χ1n) is 6.85. The average Bonchev–Trinajstić information content (AvgIpc) is 2.71. The fourth-order valence-corrected chi connectivity index (χ4v) is 2.12. The van der Waals surface area contributed by atoms with Crippen LogP contribution in [0.5, 0.6) is 0 Å². The van der Waals surface area contributed by atoms with E-state index in [4.69, 9.17) is 5.26 Å². The van der Waals surface area contributed by atoms with E-state index in [1.807, 2.05) is 6.92 Å². The third-order valence-electron chi connectivity index (χ3n) is 3.38. The number of benzene rings is 1. The molecule has 0 radical (unpaired) electrons. The van der Waals surface area contributed by atoms with Crippen LogP contribution >= 0.6 is 0 Å². The predicted octanol–water partition coefficient (Wildman–Crippen LogP) is 1.79. The van der Waals surface area contributed by atoms with Crippen molar-refractivity contribution in [1.82, 2.24) is 9.80 Å². The number of rotatable bonds is 5. The zero-order valence-electron chi connectivity index (χ0n) is 12.0. The van der Waals surface area contributed by atoms with Gasteiger partial charge in [0.05, 0.1) is 18.2 Å². The molecule has 0 aliphatic carbocycles. The van der Waals surface area contributed by atoms with Crippen LogP contribution in [0.1, 0.15) is 30.9 Å². The largest absolute Gasteiger partial charge is 0.334 e. The van der Waals surface area contributed by atoms with Gasteiger partial charge in [0.15, 0.2) is 0 Å². The summed E-state index contributed by atoms with van der Waals surface area (Å²) in [4.78, 5) is 37.4. The molecule has 6 nitrogen and oxygen atoms in total. The fraction of sp³-hybridized carbons (Fsp3) is 0.333. The Hall–Kier alpha value is -2.75. The fourth-order valence-electron chi connectivity index (χ4n) is 2.12.